The Labute approximate surface area is 192 Å². The molecule has 0 aliphatic carbocycles. The first-order chi connectivity index (χ1) is 14.9. The van der Waals surface area contributed by atoms with Crippen molar-refractivity contribution in [1.82, 2.24) is 0 Å². The van der Waals surface area contributed by atoms with E-state index in [1.165, 1.54) is 24.3 Å². The third-order valence-electron chi connectivity index (χ3n) is 4.80. The van der Waals surface area contributed by atoms with E-state index in [4.69, 9.17) is 11.6 Å². The van der Waals surface area contributed by atoms with Gasteiger partial charge < -0.3 is 5.32 Å². The maximum absolute atomic E-state index is 14.0. The molecule has 5 nitrogen and oxygen atoms in total. The summed E-state index contributed by atoms with van der Waals surface area (Å²) >= 11 is 5.93. The zero-order chi connectivity index (χ0) is 23.5. The van der Waals surface area contributed by atoms with Crippen molar-refractivity contribution in [2.75, 3.05) is 10.0 Å². The number of nitrogens with one attached hydrogen (secondary N) is 2. The molecule has 0 aliphatic heterocycles. The molecule has 0 atom stereocenters. The Kier molecular flexibility index (Phi) is 6.91. The monoisotopic (exact) mass is 474 g/mol. The van der Waals surface area contributed by atoms with E-state index in [0.29, 0.717) is 11.3 Å². The fourth-order valence-electron chi connectivity index (χ4n) is 3.06. The Morgan fingerprint density at radius 1 is 0.969 bits per heavy atom. The van der Waals surface area contributed by atoms with Gasteiger partial charge in [-0.2, -0.15) is 0 Å². The van der Waals surface area contributed by atoms with Crippen molar-refractivity contribution < 1.29 is 17.6 Å². The predicted octanol–water partition coefficient (Wildman–Crippen LogP) is 5.97. The average molecular weight is 475 g/mol. The van der Waals surface area contributed by atoms with Gasteiger partial charge in [-0.3, -0.25) is 9.52 Å². The van der Waals surface area contributed by atoms with E-state index >= 15 is 0 Å². The van der Waals surface area contributed by atoms with Crippen molar-refractivity contribution in [3.63, 3.8) is 0 Å². The highest BCUT2D eigenvalue weighted by Gasteiger charge is 2.18. The van der Waals surface area contributed by atoms with Gasteiger partial charge in [0.25, 0.3) is 5.91 Å². The molecule has 0 bridgehead atoms. The van der Waals surface area contributed by atoms with Crippen molar-refractivity contribution in [3.8, 4) is 0 Å². The lowest BCUT2D eigenvalue weighted by Gasteiger charge is -2.19. The molecule has 0 aromatic heterocycles. The van der Waals surface area contributed by atoms with E-state index in [9.17, 15) is 17.6 Å². The minimum absolute atomic E-state index is 0.0204. The van der Waals surface area contributed by atoms with Gasteiger partial charge in [-0.1, -0.05) is 56.6 Å². The van der Waals surface area contributed by atoms with Crippen molar-refractivity contribution in [2.24, 2.45) is 0 Å². The average Bonchev–Trinajstić information content (AvgIpc) is 2.70. The van der Waals surface area contributed by atoms with E-state index < -0.39 is 21.6 Å². The minimum atomic E-state index is -3.94. The normalized spacial score (nSPS) is 11.8. The standard InChI is InChI=1S/C24H24ClFN2O3S/c1-24(2,3)17-12-10-16(11-13-17)23(29)27-18-6-4-7-19(14-18)28-32(30,31)15-20-21(25)8-5-9-22(20)26/h4-14,28H,15H2,1-3H3,(H,27,29). The first kappa shape index (κ1) is 23.8. The molecule has 3 rings (SSSR count). The van der Waals surface area contributed by atoms with E-state index in [0.717, 1.165) is 11.6 Å². The molecule has 0 saturated heterocycles. The molecule has 0 unspecified atom stereocenters. The van der Waals surface area contributed by atoms with Crippen LogP contribution in [-0.4, -0.2) is 14.3 Å². The summed E-state index contributed by atoms with van der Waals surface area (Å²) in [4.78, 5) is 12.6. The summed E-state index contributed by atoms with van der Waals surface area (Å²) in [6.07, 6.45) is 0. The van der Waals surface area contributed by atoms with E-state index in [-0.39, 0.29) is 27.6 Å². The van der Waals surface area contributed by atoms with Gasteiger partial charge in [-0.25, -0.2) is 12.8 Å². The van der Waals surface area contributed by atoms with Gasteiger partial charge in [0.15, 0.2) is 0 Å². The summed E-state index contributed by atoms with van der Waals surface area (Å²) in [5.74, 6) is -1.63. The Morgan fingerprint density at radius 2 is 1.59 bits per heavy atom. The Hall–Kier alpha value is -2.90. The van der Waals surface area contributed by atoms with Gasteiger partial charge >= 0.3 is 0 Å². The summed E-state index contributed by atoms with van der Waals surface area (Å²) in [5, 5.41) is 2.79. The van der Waals surface area contributed by atoms with Crippen LogP contribution in [0.2, 0.25) is 5.02 Å². The largest absolute Gasteiger partial charge is 0.322 e. The number of hydrogen-bond donors (Lipinski definition) is 2. The first-order valence-corrected chi connectivity index (χ1v) is 11.9. The Bertz CT molecular complexity index is 1220. The smallest absolute Gasteiger partial charge is 0.255 e. The van der Waals surface area contributed by atoms with Crippen LogP contribution in [0.1, 0.15) is 42.3 Å². The van der Waals surface area contributed by atoms with Crippen molar-refractivity contribution >= 4 is 38.9 Å². The Balaban J connectivity index is 1.72. The van der Waals surface area contributed by atoms with Crippen LogP contribution in [0.4, 0.5) is 15.8 Å². The maximum atomic E-state index is 14.0. The van der Waals surface area contributed by atoms with Crippen LogP contribution in [0.25, 0.3) is 0 Å². The maximum Gasteiger partial charge on any atom is 0.255 e. The minimum Gasteiger partial charge on any atom is -0.322 e. The second-order valence-corrected chi connectivity index (χ2v) is 10.6. The number of halogens is 2. The molecule has 32 heavy (non-hydrogen) atoms. The lowest BCUT2D eigenvalue weighted by atomic mass is 9.87. The number of carbonyl (C=O) groups excluding carboxylic acids is 1. The van der Waals surface area contributed by atoms with Crippen molar-refractivity contribution in [3.05, 3.63) is 94.3 Å². The third kappa shape index (κ3) is 6.08. The fraction of sp³-hybridized carbons (Fsp3) is 0.208. The van der Waals surface area contributed by atoms with Gasteiger partial charge in [-0.05, 0) is 53.4 Å². The van der Waals surface area contributed by atoms with Crippen LogP contribution in [-0.2, 0) is 21.2 Å². The first-order valence-electron chi connectivity index (χ1n) is 9.90. The van der Waals surface area contributed by atoms with Crippen LogP contribution in [0, 0.1) is 5.82 Å². The van der Waals surface area contributed by atoms with Crippen LogP contribution in [0.3, 0.4) is 0 Å². The van der Waals surface area contributed by atoms with Gasteiger partial charge in [0.05, 0.1) is 11.4 Å². The van der Waals surface area contributed by atoms with E-state index in [1.54, 1.807) is 24.3 Å². The van der Waals surface area contributed by atoms with Crippen LogP contribution in [0.15, 0.2) is 66.7 Å². The van der Waals surface area contributed by atoms with E-state index in [1.807, 2.05) is 12.1 Å². The summed E-state index contributed by atoms with van der Waals surface area (Å²) < 4.78 is 41.4. The fourth-order valence-corrected chi connectivity index (χ4v) is 4.60. The zero-order valence-electron chi connectivity index (χ0n) is 17.9. The van der Waals surface area contributed by atoms with E-state index in [2.05, 4.69) is 30.8 Å². The SMILES string of the molecule is CC(C)(C)c1ccc(C(=O)Nc2cccc(NS(=O)(=O)Cc3c(F)cccc3Cl)c2)cc1. The van der Waals surface area contributed by atoms with Crippen molar-refractivity contribution in [1.29, 1.82) is 0 Å². The molecule has 0 radical (unpaired) electrons. The topological polar surface area (TPSA) is 75.3 Å². The quantitative estimate of drug-likeness (QED) is 0.462. The number of benzene rings is 3. The number of sulfonamides is 1. The second-order valence-electron chi connectivity index (χ2n) is 8.42. The molecule has 2 N–H and O–H groups in total. The molecular weight excluding hydrogens is 451 g/mol. The molecule has 3 aromatic carbocycles. The predicted molar refractivity (Wildman–Crippen MR) is 127 cm³/mol. The molecule has 0 heterocycles. The lowest BCUT2D eigenvalue weighted by Crippen LogP contribution is -2.17. The second kappa shape index (κ2) is 9.30. The summed E-state index contributed by atoms with van der Waals surface area (Å²) in [6, 6.07) is 17.6. The van der Waals surface area contributed by atoms with Crippen molar-refractivity contribution in [2.45, 2.75) is 31.9 Å². The molecule has 0 aliphatic rings. The number of hydrogen-bond acceptors (Lipinski definition) is 3. The molecule has 0 fully saturated rings. The zero-order valence-corrected chi connectivity index (χ0v) is 19.5. The highest BCUT2D eigenvalue weighted by Crippen LogP contribution is 2.25. The number of rotatable bonds is 6. The Morgan fingerprint density at radius 3 is 2.22 bits per heavy atom. The van der Waals surface area contributed by atoms with Crippen LogP contribution >= 0.6 is 11.6 Å². The van der Waals surface area contributed by atoms with Crippen LogP contribution in [0.5, 0.6) is 0 Å². The molecule has 168 valence electrons. The highest BCUT2D eigenvalue weighted by molar-refractivity contribution is 7.91. The molecule has 0 spiro atoms. The third-order valence-corrected chi connectivity index (χ3v) is 6.37. The summed E-state index contributed by atoms with van der Waals surface area (Å²) in [6.45, 7) is 6.28. The molecule has 8 heteroatoms. The number of carbonyl (C=O) groups is 1. The number of anilines is 2. The van der Waals surface area contributed by atoms with Gasteiger partial charge in [-0.15, -0.1) is 0 Å². The lowest BCUT2D eigenvalue weighted by molar-refractivity contribution is 0.102. The molecule has 1 amide bonds. The van der Waals surface area contributed by atoms with Gasteiger partial charge in [0.2, 0.25) is 10.0 Å². The van der Waals surface area contributed by atoms with Gasteiger partial charge in [0.1, 0.15) is 5.82 Å². The number of amides is 1. The molecular formula is C24H24ClFN2O3S. The highest BCUT2D eigenvalue weighted by atomic mass is 35.5. The summed E-state index contributed by atoms with van der Waals surface area (Å²) in [7, 11) is -3.94. The van der Waals surface area contributed by atoms with Crippen LogP contribution < -0.4 is 10.0 Å². The molecule has 3 aromatic rings. The molecule has 0 saturated carbocycles. The van der Waals surface area contributed by atoms with Gasteiger partial charge in [0, 0.05) is 21.8 Å². The summed E-state index contributed by atoms with van der Waals surface area (Å²) in [5.41, 5.74) is 2.12.